The minimum atomic E-state index is -0.0460. The number of carbonyl (C=O) groups excluding carboxylic acids is 1. The first kappa shape index (κ1) is 13.5. The Labute approximate surface area is 129 Å². The molecule has 2 aliphatic rings. The summed E-state index contributed by atoms with van der Waals surface area (Å²) in [6, 6.07) is 10.1. The Kier molecular flexibility index (Phi) is 3.22. The van der Waals surface area contributed by atoms with Crippen molar-refractivity contribution in [1.29, 1.82) is 0 Å². The van der Waals surface area contributed by atoms with Gasteiger partial charge >= 0.3 is 0 Å². The Morgan fingerprint density at radius 2 is 2.09 bits per heavy atom. The Hall–Kier alpha value is -2.14. The number of rotatable bonds is 4. The molecule has 2 N–H and O–H groups in total. The minimum Gasteiger partial charge on any atom is -0.347 e. The molecular formula is C17H20N4O. The van der Waals surface area contributed by atoms with Crippen LogP contribution in [-0.4, -0.2) is 28.8 Å². The van der Waals surface area contributed by atoms with Gasteiger partial charge in [0.2, 0.25) is 0 Å². The van der Waals surface area contributed by atoms with Gasteiger partial charge in [-0.3, -0.25) is 10.1 Å². The van der Waals surface area contributed by atoms with Gasteiger partial charge in [-0.2, -0.15) is 5.10 Å². The first-order chi connectivity index (χ1) is 10.7. The standard InChI is InChI=1S/C17H20N4O/c1-11-2-6-13(7-3-11)14-8-15-17(22)19-10-16(21(15)20-14)18-9-12-4-5-12/h2-3,6-8,12,16,18H,4-5,9-10H2,1H3,(H,19,22)/t16-/m0/s1. The largest absolute Gasteiger partial charge is 0.347 e. The molecule has 1 amide bonds. The van der Waals surface area contributed by atoms with Crippen molar-refractivity contribution in [1.82, 2.24) is 20.4 Å². The maximum Gasteiger partial charge on any atom is 0.269 e. The molecule has 0 saturated heterocycles. The van der Waals surface area contributed by atoms with Crippen LogP contribution in [0.25, 0.3) is 11.3 Å². The van der Waals surface area contributed by atoms with Gasteiger partial charge in [-0.1, -0.05) is 29.8 Å². The molecule has 1 saturated carbocycles. The van der Waals surface area contributed by atoms with Crippen molar-refractivity contribution in [3.8, 4) is 11.3 Å². The van der Waals surface area contributed by atoms with Gasteiger partial charge < -0.3 is 5.32 Å². The van der Waals surface area contributed by atoms with E-state index in [4.69, 9.17) is 0 Å². The number of hydrogen-bond donors (Lipinski definition) is 2. The Balaban J connectivity index is 1.64. The lowest BCUT2D eigenvalue weighted by Gasteiger charge is -2.25. The van der Waals surface area contributed by atoms with E-state index in [1.54, 1.807) is 0 Å². The van der Waals surface area contributed by atoms with Gasteiger partial charge in [-0.25, -0.2) is 4.68 Å². The van der Waals surface area contributed by atoms with E-state index in [0.29, 0.717) is 12.2 Å². The normalized spacial score (nSPS) is 20.6. The second-order valence-corrected chi connectivity index (χ2v) is 6.30. The highest BCUT2D eigenvalue weighted by Gasteiger charge is 2.29. The molecule has 2 heterocycles. The van der Waals surface area contributed by atoms with Crippen LogP contribution in [0, 0.1) is 12.8 Å². The monoisotopic (exact) mass is 296 g/mol. The van der Waals surface area contributed by atoms with Gasteiger partial charge in [0.15, 0.2) is 0 Å². The van der Waals surface area contributed by atoms with Crippen molar-refractivity contribution >= 4 is 5.91 Å². The highest BCUT2D eigenvalue weighted by Crippen LogP contribution is 2.29. The van der Waals surface area contributed by atoms with Gasteiger partial charge in [0.25, 0.3) is 5.91 Å². The molecule has 0 unspecified atom stereocenters. The predicted molar refractivity (Wildman–Crippen MR) is 84.5 cm³/mol. The number of fused-ring (bicyclic) bond motifs is 1. The second kappa shape index (κ2) is 5.25. The maximum atomic E-state index is 12.1. The van der Waals surface area contributed by atoms with Gasteiger partial charge in [-0.15, -0.1) is 0 Å². The molecule has 5 heteroatoms. The fourth-order valence-electron chi connectivity index (χ4n) is 2.82. The Morgan fingerprint density at radius 1 is 1.32 bits per heavy atom. The van der Waals surface area contributed by atoms with Crippen LogP contribution in [0.1, 0.15) is 35.1 Å². The summed E-state index contributed by atoms with van der Waals surface area (Å²) in [4.78, 5) is 12.1. The first-order valence-electron chi connectivity index (χ1n) is 7.89. The van der Waals surface area contributed by atoms with Crippen LogP contribution in [0.15, 0.2) is 30.3 Å². The first-order valence-corrected chi connectivity index (χ1v) is 7.89. The Bertz CT molecular complexity index is 700. The molecule has 0 spiro atoms. The lowest BCUT2D eigenvalue weighted by atomic mass is 10.1. The van der Waals surface area contributed by atoms with Crippen molar-refractivity contribution in [3.05, 3.63) is 41.6 Å². The maximum absolute atomic E-state index is 12.1. The number of nitrogens with zero attached hydrogens (tertiary/aromatic N) is 2. The van der Waals surface area contributed by atoms with Crippen molar-refractivity contribution < 1.29 is 4.79 Å². The van der Waals surface area contributed by atoms with Crippen LogP contribution >= 0.6 is 0 Å². The average molecular weight is 296 g/mol. The average Bonchev–Trinajstić information content (AvgIpc) is 3.24. The van der Waals surface area contributed by atoms with E-state index in [2.05, 4.69) is 34.8 Å². The molecule has 22 heavy (non-hydrogen) atoms. The molecule has 114 valence electrons. The zero-order chi connectivity index (χ0) is 15.1. The molecule has 2 aromatic rings. The van der Waals surface area contributed by atoms with E-state index < -0.39 is 0 Å². The van der Waals surface area contributed by atoms with Gasteiger partial charge in [-0.05, 0) is 38.3 Å². The number of carbonyl (C=O) groups is 1. The third-order valence-electron chi connectivity index (χ3n) is 4.41. The van der Waals surface area contributed by atoms with Crippen molar-refractivity contribution in [3.63, 3.8) is 0 Å². The number of nitrogens with one attached hydrogen (secondary N) is 2. The summed E-state index contributed by atoms with van der Waals surface area (Å²) in [5.74, 6) is 0.753. The topological polar surface area (TPSA) is 59.0 Å². The lowest BCUT2D eigenvalue weighted by molar-refractivity contribution is 0.0900. The van der Waals surface area contributed by atoms with Crippen molar-refractivity contribution in [2.45, 2.75) is 25.9 Å². The summed E-state index contributed by atoms with van der Waals surface area (Å²) in [6.45, 7) is 3.65. The quantitative estimate of drug-likeness (QED) is 0.908. The van der Waals surface area contributed by atoms with E-state index >= 15 is 0 Å². The highest BCUT2D eigenvalue weighted by atomic mass is 16.2. The summed E-state index contributed by atoms with van der Waals surface area (Å²) < 4.78 is 1.84. The van der Waals surface area contributed by atoms with E-state index in [9.17, 15) is 4.79 Å². The van der Waals surface area contributed by atoms with Gasteiger partial charge in [0.05, 0.1) is 12.2 Å². The fourth-order valence-corrected chi connectivity index (χ4v) is 2.82. The summed E-state index contributed by atoms with van der Waals surface area (Å²) in [7, 11) is 0. The molecule has 5 nitrogen and oxygen atoms in total. The number of hydrogen-bond acceptors (Lipinski definition) is 3. The molecule has 0 bridgehead atoms. The van der Waals surface area contributed by atoms with Crippen molar-refractivity contribution in [2.24, 2.45) is 5.92 Å². The van der Waals surface area contributed by atoms with E-state index in [1.165, 1.54) is 18.4 Å². The molecule has 1 aliphatic heterocycles. The van der Waals surface area contributed by atoms with Crippen LogP contribution in [0.3, 0.4) is 0 Å². The van der Waals surface area contributed by atoms with Crippen molar-refractivity contribution in [2.75, 3.05) is 13.1 Å². The fraction of sp³-hybridized carbons (Fsp3) is 0.412. The minimum absolute atomic E-state index is 0.0460. The highest BCUT2D eigenvalue weighted by molar-refractivity contribution is 5.94. The summed E-state index contributed by atoms with van der Waals surface area (Å²) in [5, 5.41) is 11.1. The molecule has 0 radical (unpaired) electrons. The molecule has 1 aromatic heterocycles. The second-order valence-electron chi connectivity index (χ2n) is 6.30. The van der Waals surface area contributed by atoms with Crippen LogP contribution in [-0.2, 0) is 0 Å². The number of aryl methyl sites for hydroxylation is 1. The van der Waals surface area contributed by atoms with Crippen LogP contribution < -0.4 is 10.6 Å². The van der Waals surface area contributed by atoms with E-state index in [0.717, 1.165) is 23.7 Å². The Morgan fingerprint density at radius 3 is 2.82 bits per heavy atom. The molecule has 1 aromatic carbocycles. The van der Waals surface area contributed by atoms with Gasteiger partial charge in [0.1, 0.15) is 11.9 Å². The summed E-state index contributed by atoms with van der Waals surface area (Å²) in [6.07, 6.45) is 2.67. The smallest absolute Gasteiger partial charge is 0.269 e. The number of aromatic nitrogens is 2. The van der Waals surface area contributed by atoms with Gasteiger partial charge in [0, 0.05) is 5.56 Å². The van der Waals surface area contributed by atoms with Crippen LogP contribution in [0.2, 0.25) is 0 Å². The third kappa shape index (κ3) is 2.52. The summed E-state index contributed by atoms with van der Waals surface area (Å²) >= 11 is 0. The SMILES string of the molecule is Cc1ccc(-c2cc3n(n2)[C@H](NCC2CC2)CNC3=O)cc1. The summed E-state index contributed by atoms with van der Waals surface area (Å²) in [5.41, 5.74) is 3.75. The molecule has 1 aliphatic carbocycles. The number of amides is 1. The molecule has 1 fully saturated rings. The molecule has 4 rings (SSSR count). The van der Waals surface area contributed by atoms with E-state index in [-0.39, 0.29) is 12.1 Å². The zero-order valence-electron chi connectivity index (χ0n) is 12.7. The number of benzene rings is 1. The van der Waals surface area contributed by atoms with Crippen LogP contribution in [0.5, 0.6) is 0 Å². The predicted octanol–water partition coefficient (Wildman–Crippen LogP) is 2.10. The van der Waals surface area contributed by atoms with E-state index in [1.807, 2.05) is 22.9 Å². The molecule has 1 atom stereocenters. The lowest BCUT2D eigenvalue weighted by Crippen LogP contribution is -2.45. The molecular weight excluding hydrogens is 276 g/mol. The van der Waals surface area contributed by atoms with Crippen LogP contribution in [0.4, 0.5) is 0 Å². The zero-order valence-corrected chi connectivity index (χ0v) is 12.7. The third-order valence-corrected chi connectivity index (χ3v) is 4.41.